The van der Waals surface area contributed by atoms with Gasteiger partial charge in [0.15, 0.2) is 16.1 Å². The first-order chi connectivity index (χ1) is 16.5. The van der Waals surface area contributed by atoms with Crippen molar-refractivity contribution in [3.05, 3.63) is 63.9 Å². The molecule has 0 bridgehead atoms. The first-order valence-corrected chi connectivity index (χ1v) is 13.0. The lowest BCUT2D eigenvalue weighted by Crippen LogP contribution is -2.44. The normalized spacial score (nSPS) is 20.7. The van der Waals surface area contributed by atoms with Crippen LogP contribution in [0.5, 0.6) is 0 Å². The third kappa shape index (κ3) is 5.37. The van der Waals surface area contributed by atoms with Crippen molar-refractivity contribution < 1.29 is 27.1 Å². The van der Waals surface area contributed by atoms with E-state index in [0.29, 0.717) is 18.4 Å². The third-order valence-corrected chi connectivity index (χ3v) is 8.94. The summed E-state index contributed by atoms with van der Waals surface area (Å²) in [5.74, 6) is -1.27. The summed E-state index contributed by atoms with van der Waals surface area (Å²) < 4.78 is 45.8. The molecule has 4 rings (SSSR count). The van der Waals surface area contributed by atoms with E-state index in [1.807, 2.05) is 6.07 Å². The Morgan fingerprint density at radius 1 is 1.20 bits per heavy atom. The van der Waals surface area contributed by atoms with Crippen molar-refractivity contribution in [2.45, 2.75) is 47.6 Å². The predicted molar refractivity (Wildman–Crippen MR) is 125 cm³/mol. The monoisotopic (exact) mass is 539 g/mol. The smallest absolute Gasteiger partial charge is 0.410 e. The van der Waals surface area contributed by atoms with E-state index in [1.165, 1.54) is 30.3 Å². The molecule has 2 aliphatic rings. The van der Waals surface area contributed by atoms with Gasteiger partial charge in [-0.1, -0.05) is 41.4 Å². The van der Waals surface area contributed by atoms with E-state index in [2.05, 4.69) is 5.32 Å². The zero-order valence-electron chi connectivity index (χ0n) is 18.2. The fraction of sp³-hybridized carbons (Fsp3) is 0.348. The van der Waals surface area contributed by atoms with Crippen LogP contribution < -0.4 is 5.32 Å². The minimum absolute atomic E-state index is 0.0359. The Morgan fingerprint density at radius 2 is 1.91 bits per heavy atom. The molecule has 0 spiro atoms. The predicted octanol–water partition coefficient (Wildman–Crippen LogP) is 3.86. The number of likely N-dealkylation sites (tertiary alicyclic amines) is 1. The van der Waals surface area contributed by atoms with E-state index in [0.717, 1.165) is 11.0 Å². The highest BCUT2D eigenvalue weighted by molar-refractivity contribution is 7.92. The zero-order valence-corrected chi connectivity index (χ0v) is 20.5. The molecule has 2 fully saturated rings. The number of sulfone groups is 1. The van der Waals surface area contributed by atoms with E-state index in [4.69, 9.17) is 27.9 Å². The number of alkyl carbamates (subject to hydrolysis) is 1. The number of hydrogen-bond acceptors (Lipinski definition) is 6. The van der Waals surface area contributed by atoms with Crippen molar-refractivity contribution >= 4 is 45.0 Å². The van der Waals surface area contributed by atoms with Crippen molar-refractivity contribution in [2.75, 3.05) is 6.54 Å². The molecule has 35 heavy (non-hydrogen) atoms. The first-order valence-electron chi connectivity index (χ1n) is 10.7. The topological polar surface area (TPSA) is 117 Å². The average molecular weight is 540 g/mol. The number of rotatable bonds is 6. The van der Waals surface area contributed by atoms with Crippen LogP contribution in [-0.2, 0) is 25.8 Å². The summed E-state index contributed by atoms with van der Waals surface area (Å²) in [6.45, 7) is -0.260. The molecule has 1 saturated carbocycles. The number of carbonyl (C=O) groups excluding carboxylic acids is 2. The maximum absolute atomic E-state index is 13.8. The Bertz CT molecular complexity index is 1330. The number of amides is 2. The Labute approximate surface area is 211 Å². The molecule has 2 aromatic carbocycles. The molecule has 2 atom stereocenters. The largest absolute Gasteiger partial charge is 0.425 e. The number of nitrogens with one attached hydrogen (secondary N) is 1. The molecule has 0 aromatic heterocycles. The number of benzene rings is 2. The number of nitriles is 1. The Balaban J connectivity index is 1.57. The second kappa shape index (κ2) is 9.64. The highest BCUT2D eigenvalue weighted by atomic mass is 35.5. The van der Waals surface area contributed by atoms with E-state index in [9.17, 15) is 27.7 Å². The summed E-state index contributed by atoms with van der Waals surface area (Å²) in [5.41, 5.74) is -0.687. The van der Waals surface area contributed by atoms with Crippen LogP contribution >= 0.6 is 23.2 Å². The molecule has 8 nitrogen and oxygen atoms in total. The summed E-state index contributed by atoms with van der Waals surface area (Å²) in [4.78, 5) is 26.6. The standard InChI is InChI=1S/C23H20Cl2FN3O5S/c24-16-6-5-14(9-18(16)26)10-20(30)29-12-15(35(32,33)19-4-2-1-3-17(19)25)11-21(29)34-22(31)28-23(13-27)7-8-23/h1-6,9,15,21H,7-8,10-12H2,(H,28,31)/t15-,21+/m1/s1. The second-order valence-corrected chi connectivity index (χ2v) is 11.5. The summed E-state index contributed by atoms with van der Waals surface area (Å²) in [7, 11) is -3.98. The number of halogens is 3. The van der Waals surface area contributed by atoms with Gasteiger partial charge in [-0.3, -0.25) is 4.79 Å². The Hall–Kier alpha value is -2.87. The molecule has 1 heterocycles. The summed E-state index contributed by atoms with van der Waals surface area (Å²) in [6, 6.07) is 11.8. The van der Waals surface area contributed by atoms with Crippen LogP contribution in [0.25, 0.3) is 0 Å². The highest BCUT2D eigenvalue weighted by Gasteiger charge is 2.48. The van der Waals surface area contributed by atoms with E-state index < -0.39 is 44.7 Å². The van der Waals surface area contributed by atoms with Gasteiger partial charge in [-0.25, -0.2) is 17.6 Å². The van der Waals surface area contributed by atoms with Gasteiger partial charge in [0.1, 0.15) is 11.4 Å². The van der Waals surface area contributed by atoms with Crippen LogP contribution in [0.1, 0.15) is 24.8 Å². The van der Waals surface area contributed by atoms with Crippen molar-refractivity contribution in [3.8, 4) is 6.07 Å². The molecule has 2 aromatic rings. The van der Waals surface area contributed by atoms with Crippen LogP contribution in [0.15, 0.2) is 47.4 Å². The van der Waals surface area contributed by atoms with E-state index >= 15 is 0 Å². The van der Waals surface area contributed by atoms with Gasteiger partial charge in [-0.15, -0.1) is 0 Å². The van der Waals surface area contributed by atoms with Crippen LogP contribution in [0.2, 0.25) is 10.0 Å². The molecule has 1 N–H and O–H groups in total. The zero-order chi connectivity index (χ0) is 25.4. The molecule has 1 aliphatic carbocycles. The van der Waals surface area contributed by atoms with E-state index in [1.54, 1.807) is 6.07 Å². The van der Waals surface area contributed by atoms with Crippen LogP contribution in [0, 0.1) is 17.1 Å². The van der Waals surface area contributed by atoms with Crippen LogP contribution in [0.3, 0.4) is 0 Å². The maximum Gasteiger partial charge on any atom is 0.410 e. The maximum atomic E-state index is 13.8. The Morgan fingerprint density at radius 3 is 2.54 bits per heavy atom. The minimum Gasteiger partial charge on any atom is -0.425 e. The molecule has 2 amide bonds. The summed E-state index contributed by atoms with van der Waals surface area (Å²) in [6.07, 6.45) is -1.66. The van der Waals surface area contributed by atoms with Gasteiger partial charge in [0.25, 0.3) is 0 Å². The summed E-state index contributed by atoms with van der Waals surface area (Å²) >= 11 is 11.8. The van der Waals surface area contributed by atoms with Crippen molar-refractivity contribution in [3.63, 3.8) is 0 Å². The van der Waals surface area contributed by atoms with Crippen LogP contribution in [-0.4, -0.2) is 48.9 Å². The number of nitrogens with zero attached hydrogens (tertiary/aromatic N) is 2. The van der Waals surface area contributed by atoms with Gasteiger partial charge in [-0.2, -0.15) is 5.26 Å². The average Bonchev–Trinajstić information content (AvgIpc) is 3.44. The Kier molecular flexibility index (Phi) is 6.95. The lowest BCUT2D eigenvalue weighted by molar-refractivity contribution is -0.137. The highest BCUT2D eigenvalue weighted by Crippen LogP contribution is 2.35. The fourth-order valence-electron chi connectivity index (χ4n) is 3.88. The summed E-state index contributed by atoms with van der Waals surface area (Å²) in [5, 5.41) is 10.5. The molecule has 184 valence electrons. The number of carbonyl (C=O) groups is 2. The minimum atomic E-state index is -3.98. The number of ether oxygens (including phenoxy) is 1. The molecule has 1 aliphatic heterocycles. The second-order valence-electron chi connectivity index (χ2n) is 8.48. The molecular weight excluding hydrogens is 520 g/mol. The van der Waals surface area contributed by atoms with Crippen molar-refractivity contribution in [1.82, 2.24) is 10.2 Å². The lowest BCUT2D eigenvalue weighted by Gasteiger charge is -2.25. The van der Waals surface area contributed by atoms with Crippen molar-refractivity contribution in [1.29, 1.82) is 5.26 Å². The van der Waals surface area contributed by atoms with Gasteiger partial charge in [0.05, 0.1) is 32.7 Å². The first kappa shape index (κ1) is 25.2. The van der Waals surface area contributed by atoms with Gasteiger partial charge in [0, 0.05) is 13.0 Å². The number of hydrogen-bond donors (Lipinski definition) is 1. The SMILES string of the molecule is N#CC1(NC(=O)O[C@H]2C[C@@H](S(=O)(=O)c3ccccc3Cl)CN2C(=O)Cc2ccc(Cl)c(F)c2)CC1. The van der Waals surface area contributed by atoms with Crippen molar-refractivity contribution in [2.24, 2.45) is 0 Å². The van der Waals surface area contributed by atoms with Crippen LogP contribution in [0.4, 0.5) is 9.18 Å². The van der Waals surface area contributed by atoms with E-state index in [-0.39, 0.29) is 34.3 Å². The molecule has 0 radical (unpaired) electrons. The third-order valence-electron chi connectivity index (χ3n) is 6.00. The quantitative estimate of drug-likeness (QED) is 0.595. The van der Waals surface area contributed by atoms with Gasteiger partial charge in [0.2, 0.25) is 5.91 Å². The van der Waals surface area contributed by atoms with Gasteiger partial charge >= 0.3 is 6.09 Å². The molecule has 0 unspecified atom stereocenters. The fourth-order valence-corrected chi connectivity index (χ4v) is 6.20. The van der Waals surface area contributed by atoms with Gasteiger partial charge < -0.3 is 15.0 Å². The molecular formula is C23H20Cl2FN3O5S. The molecule has 12 heteroatoms. The lowest BCUT2D eigenvalue weighted by atomic mass is 10.1. The molecule has 1 saturated heterocycles. The van der Waals surface area contributed by atoms with Gasteiger partial charge in [-0.05, 0) is 42.7 Å².